The molecule has 0 radical (unpaired) electrons. The fourth-order valence-electron chi connectivity index (χ4n) is 1.89. The van der Waals surface area contributed by atoms with Crippen LogP contribution < -0.4 is 10.6 Å². The molecule has 2 rings (SSSR count). The lowest BCUT2D eigenvalue weighted by molar-refractivity contribution is -0.115. The summed E-state index contributed by atoms with van der Waals surface area (Å²) in [6.45, 7) is 4.06. The van der Waals surface area contributed by atoms with Gasteiger partial charge < -0.3 is 10.6 Å². The molecular formula is C16H18FN3O. The zero-order valence-electron chi connectivity index (χ0n) is 12.1. The lowest BCUT2D eigenvalue weighted by Crippen LogP contribution is -2.16. The molecule has 0 unspecified atom stereocenters. The van der Waals surface area contributed by atoms with Crippen molar-refractivity contribution in [3.8, 4) is 0 Å². The predicted octanol–water partition coefficient (Wildman–Crippen LogP) is 3.22. The number of hydrogen-bond donors (Lipinski definition) is 2. The Labute approximate surface area is 123 Å². The van der Waals surface area contributed by atoms with Gasteiger partial charge in [-0.15, -0.1) is 0 Å². The predicted molar refractivity (Wildman–Crippen MR) is 81.7 cm³/mol. The van der Waals surface area contributed by atoms with E-state index in [-0.39, 0.29) is 18.1 Å². The van der Waals surface area contributed by atoms with E-state index < -0.39 is 0 Å². The van der Waals surface area contributed by atoms with Crippen LogP contribution in [0.2, 0.25) is 0 Å². The van der Waals surface area contributed by atoms with E-state index in [9.17, 15) is 9.18 Å². The average molecular weight is 287 g/mol. The highest BCUT2D eigenvalue weighted by atomic mass is 19.1. The van der Waals surface area contributed by atoms with Gasteiger partial charge in [0.15, 0.2) is 0 Å². The van der Waals surface area contributed by atoms with Crippen molar-refractivity contribution in [2.24, 2.45) is 0 Å². The Kier molecular flexibility index (Phi) is 4.87. The molecule has 1 heterocycles. The molecule has 0 aliphatic heterocycles. The standard InChI is InChI=1S/C16H18FN3O/c1-11(2)19-13-7-8-15(18-10-13)20-16(21)9-12-5-3-4-6-14(12)17/h3-8,10-11,19H,9H2,1-2H3,(H,18,20,21). The van der Waals surface area contributed by atoms with Gasteiger partial charge in [-0.05, 0) is 37.6 Å². The lowest BCUT2D eigenvalue weighted by Gasteiger charge is -2.10. The number of halogens is 1. The molecule has 0 bridgehead atoms. The third-order valence-corrected chi connectivity index (χ3v) is 2.80. The maximum absolute atomic E-state index is 13.5. The van der Waals surface area contributed by atoms with E-state index in [0.29, 0.717) is 17.4 Å². The summed E-state index contributed by atoms with van der Waals surface area (Å²) in [6.07, 6.45) is 1.64. The molecule has 0 saturated carbocycles. The van der Waals surface area contributed by atoms with Crippen molar-refractivity contribution in [3.63, 3.8) is 0 Å². The SMILES string of the molecule is CC(C)Nc1ccc(NC(=O)Cc2ccccc2F)nc1. The number of amides is 1. The van der Waals surface area contributed by atoms with E-state index in [2.05, 4.69) is 15.6 Å². The van der Waals surface area contributed by atoms with Crippen LogP contribution in [0.3, 0.4) is 0 Å². The van der Waals surface area contributed by atoms with Crippen LogP contribution in [0.4, 0.5) is 15.9 Å². The van der Waals surface area contributed by atoms with Crippen LogP contribution >= 0.6 is 0 Å². The molecule has 110 valence electrons. The highest BCUT2D eigenvalue weighted by molar-refractivity contribution is 5.91. The van der Waals surface area contributed by atoms with Gasteiger partial charge >= 0.3 is 0 Å². The Morgan fingerprint density at radius 3 is 2.62 bits per heavy atom. The van der Waals surface area contributed by atoms with Crippen molar-refractivity contribution in [1.29, 1.82) is 0 Å². The molecule has 1 aromatic carbocycles. The summed E-state index contributed by atoms with van der Waals surface area (Å²) in [7, 11) is 0. The zero-order chi connectivity index (χ0) is 15.2. The summed E-state index contributed by atoms with van der Waals surface area (Å²) in [6, 6.07) is 10.1. The topological polar surface area (TPSA) is 54.0 Å². The van der Waals surface area contributed by atoms with Crippen LogP contribution in [-0.4, -0.2) is 16.9 Å². The van der Waals surface area contributed by atoms with Crippen LogP contribution in [0.15, 0.2) is 42.6 Å². The molecule has 1 aromatic heterocycles. The third-order valence-electron chi connectivity index (χ3n) is 2.80. The number of rotatable bonds is 5. The molecule has 0 saturated heterocycles. The first-order valence-corrected chi connectivity index (χ1v) is 6.80. The van der Waals surface area contributed by atoms with Gasteiger partial charge in [0.05, 0.1) is 18.3 Å². The molecular weight excluding hydrogens is 269 g/mol. The van der Waals surface area contributed by atoms with Crippen molar-refractivity contribution in [1.82, 2.24) is 4.98 Å². The third kappa shape index (κ3) is 4.56. The first kappa shape index (κ1) is 15.0. The molecule has 5 heteroatoms. The van der Waals surface area contributed by atoms with Crippen molar-refractivity contribution in [3.05, 3.63) is 54.0 Å². The first-order chi connectivity index (χ1) is 10.0. The number of anilines is 2. The summed E-state index contributed by atoms with van der Waals surface area (Å²) < 4.78 is 13.5. The molecule has 0 aliphatic carbocycles. The number of nitrogens with zero attached hydrogens (tertiary/aromatic N) is 1. The van der Waals surface area contributed by atoms with Crippen LogP contribution in [0, 0.1) is 5.82 Å². The Bertz CT molecular complexity index is 611. The molecule has 0 fully saturated rings. The second kappa shape index (κ2) is 6.83. The highest BCUT2D eigenvalue weighted by Crippen LogP contribution is 2.12. The minimum absolute atomic E-state index is 0.0135. The number of carbonyl (C=O) groups excluding carboxylic acids is 1. The van der Waals surface area contributed by atoms with E-state index in [1.807, 2.05) is 19.9 Å². The normalized spacial score (nSPS) is 10.5. The number of aromatic nitrogens is 1. The Morgan fingerprint density at radius 1 is 1.24 bits per heavy atom. The number of hydrogen-bond acceptors (Lipinski definition) is 3. The molecule has 2 N–H and O–H groups in total. The molecule has 21 heavy (non-hydrogen) atoms. The minimum Gasteiger partial charge on any atom is -0.382 e. The summed E-state index contributed by atoms with van der Waals surface area (Å²) in [5, 5.41) is 5.86. The van der Waals surface area contributed by atoms with E-state index in [4.69, 9.17) is 0 Å². The largest absolute Gasteiger partial charge is 0.382 e. The van der Waals surface area contributed by atoms with Crippen molar-refractivity contribution in [2.45, 2.75) is 26.3 Å². The van der Waals surface area contributed by atoms with Crippen LogP contribution in [-0.2, 0) is 11.2 Å². The summed E-state index contributed by atoms with van der Waals surface area (Å²) in [5.74, 6) is -0.222. The molecule has 0 aliphatic rings. The molecule has 4 nitrogen and oxygen atoms in total. The van der Waals surface area contributed by atoms with Crippen molar-refractivity contribution < 1.29 is 9.18 Å². The van der Waals surface area contributed by atoms with E-state index in [0.717, 1.165) is 5.69 Å². The highest BCUT2D eigenvalue weighted by Gasteiger charge is 2.08. The molecule has 1 amide bonds. The van der Waals surface area contributed by atoms with Gasteiger partial charge in [0.1, 0.15) is 11.6 Å². The number of pyridine rings is 1. The molecule has 2 aromatic rings. The number of nitrogens with one attached hydrogen (secondary N) is 2. The second-order valence-electron chi connectivity index (χ2n) is 5.05. The Morgan fingerprint density at radius 2 is 2.00 bits per heavy atom. The van der Waals surface area contributed by atoms with Crippen LogP contribution in [0.1, 0.15) is 19.4 Å². The van der Waals surface area contributed by atoms with Gasteiger partial charge in [-0.3, -0.25) is 4.79 Å². The average Bonchev–Trinajstić information content (AvgIpc) is 2.43. The molecule has 0 atom stereocenters. The van der Waals surface area contributed by atoms with Gasteiger partial charge in [0, 0.05) is 6.04 Å². The summed E-state index contributed by atoms with van der Waals surface area (Å²) in [5.41, 5.74) is 1.25. The van der Waals surface area contributed by atoms with Crippen LogP contribution in [0.25, 0.3) is 0 Å². The zero-order valence-corrected chi connectivity index (χ0v) is 12.1. The number of benzene rings is 1. The fraction of sp³-hybridized carbons (Fsp3) is 0.250. The van der Waals surface area contributed by atoms with Gasteiger partial charge in [-0.2, -0.15) is 0 Å². The lowest BCUT2D eigenvalue weighted by atomic mass is 10.1. The van der Waals surface area contributed by atoms with Gasteiger partial charge in [0.25, 0.3) is 0 Å². The van der Waals surface area contributed by atoms with Crippen LogP contribution in [0.5, 0.6) is 0 Å². The Balaban J connectivity index is 1.95. The van der Waals surface area contributed by atoms with Crippen molar-refractivity contribution >= 4 is 17.4 Å². The number of carbonyl (C=O) groups is 1. The first-order valence-electron chi connectivity index (χ1n) is 6.80. The maximum atomic E-state index is 13.5. The summed E-state index contributed by atoms with van der Waals surface area (Å²) >= 11 is 0. The van der Waals surface area contributed by atoms with E-state index >= 15 is 0 Å². The van der Waals surface area contributed by atoms with Gasteiger partial charge in [-0.25, -0.2) is 9.37 Å². The van der Waals surface area contributed by atoms with Crippen molar-refractivity contribution in [2.75, 3.05) is 10.6 Å². The quantitative estimate of drug-likeness (QED) is 0.887. The van der Waals surface area contributed by atoms with Gasteiger partial charge in [-0.1, -0.05) is 18.2 Å². The maximum Gasteiger partial charge on any atom is 0.230 e. The van der Waals surface area contributed by atoms with E-state index in [1.54, 1.807) is 30.5 Å². The Hall–Kier alpha value is -2.43. The fourth-order valence-corrected chi connectivity index (χ4v) is 1.89. The smallest absolute Gasteiger partial charge is 0.230 e. The minimum atomic E-state index is -0.378. The second-order valence-corrected chi connectivity index (χ2v) is 5.05. The molecule has 0 spiro atoms. The summed E-state index contributed by atoms with van der Waals surface area (Å²) in [4.78, 5) is 16.0. The van der Waals surface area contributed by atoms with Gasteiger partial charge in [0.2, 0.25) is 5.91 Å². The monoisotopic (exact) mass is 287 g/mol. The van der Waals surface area contributed by atoms with E-state index in [1.165, 1.54) is 6.07 Å².